The van der Waals surface area contributed by atoms with E-state index in [9.17, 15) is 14.4 Å². The second-order valence-electron chi connectivity index (χ2n) is 6.39. The first-order valence-corrected chi connectivity index (χ1v) is 8.70. The lowest BCUT2D eigenvalue weighted by atomic mass is 10.1. The average Bonchev–Trinajstić information content (AvgIpc) is 3.21. The molecule has 0 radical (unpaired) electrons. The predicted octanol–water partition coefficient (Wildman–Crippen LogP) is 1.11. The summed E-state index contributed by atoms with van der Waals surface area (Å²) < 4.78 is 10.6. The van der Waals surface area contributed by atoms with Gasteiger partial charge in [-0.15, -0.1) is 0 Å². The Morgan fingerprint density at radius 3 is 2.07 bits per heavy atom. The molecule has 9 heteroatoms. The van der Waals surface area contributed by atoms with E-state index in [-0.39, 0.29) is 24.3 Å². The maximum absolute atomic E-state index is 12.7. The van der Waals surface area contributed by atoms with Crippen LogP contribution in [0, 0.1) is 0 Å². The average molecular weight is 383 g/mol. The highest BCUT2D eigenvalue weighted by molar-refractivity contribution is 5.96. The highest BCUT2D eigenvalue weighted by atomic mass is 16.7. The van der Waals surface area contributed by atoms with Crippen molar-refractivity contribution in [3.63, 3.8) is 0 Å². The van der Waals surface area contributed by atoms with Crippen LogP contribution in [0.3, 0.4) is 0 Å². The van der Waals surface area contributed by atoms with Crippen molar-refractivity contribution in [1.82, 2.24) is 14.8 Å². The summed E-state index contributed by atoms with van der Waals surface area (Å²) in [5.41, 5.74) is 0.716. The zero-order chi connectivity index (χ0) is 19.7. The molecule has 2 aliphatic heterocycles. The Morgan fingerprint density at radius 2 is 1.46 bits per heavy atom. The Kier molecular flexibility index (Phi) is 4.56. The molecule has 0 aliphatic carbocycles. The van der Waals surface area contributed by atoms with E-state index in [1.165, 1.54) is 18.3 Å². The van der Waals surface area contributed by atoms with Crippen molar-refractivity contribution in [3.8, 4) is 11.5 Å². The van der Waals surface area contributed by atoms with Crippen molar-refractivity contribution in [2.24, 2.45) is 0 Å². The molecule has 2 aliphatic rings. The van der Waals surface area contributed by atoms with Crippen LogP contribution in [0.2, 0.25) is 0 Å². The molecule has 0 bridgehead atoms. The number of aromatic nitrogens is 1. The lowest BCUT2D eigenvalue weighted by molar-refractivity contribution is 0.0535. The molecular formula is C19H17N3O6. The van der Waals surface area contributed by atoms with Crippen LogP contribution in [0.15, 0.2) is 36.5 Å². The van der Waals surface area contributed by atoms with Gasteiger partial charge in [-0.2, -0.15) is 0 Å². The summed E-state index contributed by atoms with van der Waals surface area (Å²) in [6, 6.07) is 7.82. The fourth-order valence-electron chi connectivity index (χ4n) is 3.15. The van der Waals surface area contributed by atoms with E-state index < -0.39 is 5.97 Å². The minimum Gasteiger partial charge on any atom is -0.477 e. The molecule has 1 N–H and O–H groups in total. The molecule has 1 saturated heterocycles. The van der Waals surface area contributed by atoms with E-state index in [0.717, 1.165) is 0 Å². The number of nitrogens with zero attached hydrogens (tertiary/aromatic N) is 3. The van der Waals surface area contributed by atoms with Crippen molar-refractivity contribution in [2.45, 2.75) is 0 Å². The second kappa shape index (κ2) is 7.18. The molecule has 144 valence electrons. The number of amides is 2. The number of fused-ring (bicyclic) bond motifs is 1. The molecule has 0 spiro atoms. The number of rotatable bonds is 3. The van der Waals surface area contributed by atoms with Crippen LogP contribution in [0.4, 0.5) is 0 Å². The Morgan fingerprint density at radius 1 is 0.857 bits per heavy atom. The SMILES string of the molecule is O=C(O)c1ccc(C(=O)N2CCN(C(=O)c3ccc4c(c3)OCO4)CC2)cn1. The van der Waals surface area contributed by atoms with Gasteiger partial charge in [-0.05, 0) is 30.3 Å². The number of carboxylic acid groups (broad SMARTS) is 1. The molecule has 9 nitrogen and oxygen atoms in total. The van der Waals surface area contributed by atoms with Crippen molar-refractivity contribution in [2.75, 3.05) is 33.0 Å². The molecule has 2 amide bonds. The van der Waals surface area contributed by atoms with Gasteiger partial charge in [-0.25, -0.2) is 9.78 Å². The number of carboxylic acids is 1. The molecule has 0 unspecified atom stereocenters. The van der Waals surface area contributed by atoms with E-state index >= 15 is 0 Å². The normalized spacial score (nSPS) is 15.4. The zero-order valence-corrected chi connectivity index (χ0v) is 14.8. The van der Waals surface area contributed by atoms with Crippen LogP contribution < -0.4 is 9.47 Å². The maximum Gasteiger partial charge on any atom is 0.354 e. The number of pyridine rings is 1. The summed E-state index contributed by atoms with van der Waals surface area (Å²) in [4.78, 5) is 43.2. The van der Waals surface area contributed by atoms with Crippen LogP contribution in [-0.4, -0.2) is 70.6 Å². The number of benzene rings is 1. The van der Waals surface area contributed by atoms with E-state index in [4.69, 9.17) is 14.6 Å². The summed E-state index contributed by atoms with van der Waals surface area (Å²) in [7, 11) is 0. The van der Waals surface area contributed by atoms with Gasteiger partial charge in [-0.1, -0.05) is 0 Å². The topological polar surface area (TPSA) is 109 Å². The third-order valence-electron chi connectivity index (χ3n) is 4.70. The fraction of sp³-hybridized carbons (Fsp3) is 0.263. The smallest absolute Gasteiger partial charge is 0.354 e. The van der Waals surface area contributed by atoms with Gasteiger partial charge in [0.25, 0.3) is 11.8 Å². The first-order chi connectivity index (χ1) is 13.5. The number of piperazine rings is 1. The van der Waals surface area contributed by atoms with Crippen LogP contribution in [0.1, 0.15) is 31.2 Å². The van der Waals surface area contributed by atoms with Gasteiger partial charge in [-0.3, -0.25) is 9.59 Å². The minimum absolute atomic E-state index is 0.115. The zero-order valence-electron chi connectivity index (χ0n) is 14.8. The summed E-state index contributed by atoms with van der Waals surface area (Å²) in [5.74, 6) is -0.335. The monoisotopic (exact) mass is 383 g/mol. The predicted molar refractivity (Wildman–Crippen MR) is 95.6 cm³/mol. The Bertz CT molecular complexity index is 935. The molecule has 0 saturated carbocycles. The molecule has 1 fully saturated rings. The molecule has 1 aromatic carbocycles. The van der Waals surface area contributed by atoms with Crippen LogP contribution >= 0.6 is 0 Å². The standard InChI is InChI=1S/C19H17N3O6/c23-17(12-2-4-15-16(9-12)28-11-27-15)21-5-7-22(8-6-21)18(24)13-1-3-14(19(25)26)20-10-13/h1-4,9-10H,5-8,11H2,(H,25,26). The van der Waals surface area contributed by atoms with E-state index in [1.54, 1.807) is 28.0 Å². The molecule has 2 aromatic rings. The van der Waals surface area contributed by atoms with Gasteiger partial charge in [0.15, 0.2) is 11.5 Å². The van der Waals surface area contributed by atoms with Gasteiger partial charge in [0, 0.05) is 37.9 Å². The van der Waals surface area contributed by atoms with Crippen LogP contribution in [0.5, 0.6) is 11.5 Å². The summed E-state index contributed by atoms with van der Waals surface area (Å²) in [6.07, 6.45) is 1.26. The number of hydrogen-bond acceptors (Lipinski definition) is 6. The first kappa shape index (κ1) is 17.8. The van der Waals surface area contributed by atoms with Gasteiger partial charge < -0.3 is 24.4 Å². The summed E-state index contributed by atoms with van der Waals surface area (Å²) >= 11 is 0. The quantitative estimate of drug-likeness (QED) is 0.845. The lowest BCUT2D eigenvalue weighted by Gasteiger charge is -2.34. The molecule has 1 aromatic heterocycles. The van der Waals surface area contributed by atoms with Crippen molar-refractivity contribution in [1.29, 1.82) is 0 Å². The van der Waals surface area contributed by atoms with Crippen molar-refractivity contribution in [3.05, 3.63) is 53.3 Å². The molecule has 3 heterocycles. The molecular weight excluding hydrogens is 366 g/mol. The van der Waals surface area contributed by atoms with Gasteiger partial charge in [0.05, 0.1) is 5.56 Å². The van der Waals surface area contributed by atoms with Gasteiger partial charge >= 0.3 is 5.97 Å². The highest BCUT2D eigenvalue weighted by Gasteiger charge is 2.27. The van der Waals surface area contributed by atoms with E-state index in [2.05, 4.69) is 4.98 Å². The van der Waals surface area contributed by atoms with Crippen molar-refractivity contribution < 1.29 is 29.0 Å². The molecule has 28 heavy (non-hydrogen) atoms. The Labute approximate surface area is 160 Å². The maximum atomic E-state index is 12.7. The van der Waals surface area contributed by atoms with E-state index in [0.29, 0.717) is 48.8 Å². The first-order valence-electron chi connectivity index (χ1n) is 8.70. The van der Waals surface area contributed by atoms with Crippen LogP contribution in [0.25, 0.3) is 0 Å². The lowest BCUT2D eigenvalue weighted by Crippen LogP contribution is -2.50. The molecule has 4 rings (SSSR count). The van der Waals surface area contributed by atoms with Crippen molar-refractivity contribution >= 4 is 17.8 Å². The number of carbonyl (C=O) groups is 3. The number of aromatic carboxylic acids is 1. The second-order valence-corrected chi connectivity index (χ2v) is 6.39. The fourth-order valence-corrected chi connectivity index (χ4v) is 3.15. The summed E-state index contributed by atoms with van der Waals surface area (Å²) in [5, 5.41) is 8.88. The third kappa shape index (κ3) is 3.34. The van der Waals surface area contributed by atoms with Crippen LogP contribution in [-0.2, 0) is 0 Å². The number of hydrogen-bond donors (Lipinski definition) is 1. The number of ether oxygens (including phenoxy) is 2. The third-order valence-corrected chi connectivity index (χ3v) is 4.70. The number of carbonyl (C=O) groups excluding carboxylic acids is 2. The molecule has 0 atom stereocenters. The minimum atomic E-state index is -1.14. The van der Waals surface area contributed by atoms with E-state index in [1.807, 2.05) is 0 Å². The van der Waals surface area contributed by atoms with Gasteiger partial charge in [0.1, 0.15) is 5.69 Å². The Hall–Kier alpha value is -3.62. The highest BCUT2D eigenvalue weighted by Crippen LogP contribution is 2.32. The van der Waals surface area contributed by atoms with Gasteiger partial charge in [0.2, 0.25) is 6.79 Å². The largest absolute Gasteiger partial charge is 0.477 e. The summed E-state index contributed by atoms with van der Waals surface area (Å²) in [6.45, 7) is 1.72. The Balaban J connectivity index is 1.38.